The van der Waals surface area contributed by atoms with Crippen LogP contribution in [0.2, 0.25) is 0 Å². The molecule has 0 bridgehead atoms. The number of amides is 1. The molecule has 0 aliphatic rings. The van der Waals surface area contributed by atoms with E-state index in [1.165, 1.54) is 10.6 Å². The predicted octanol–water partition coefficient (Wildman–Crippen LogP) is 2.16. The third-order valence-corrected chi connectivity index (χ3v) is 3.04. The molecule has 0 aliphatic carbocycles. The largest absolute Gasteiger partial charge is 0.356 e. The van der Waals surface area contributed by atoms with Crippen molar-refractivity contribution in [2.24, 2.45) is 5.92 Å². The van der Waals surface area contributed by atoms with Gasteiger partial charge in [-0.3, -0.25) is 9.59 Å². The Morgan fingerprint density at radius 2 is 2.17 bits per heavy atom. The van der Waals surface area contributed by atoms with Crippen LogP contribution in [0, 0.1) is 5.92 Å². The highest BCUT2D eigenvalue weighted by molar-refractivity contribution is 9.10. The van der Waals surface area contributed by atoms with Gasteiger partial charge >= 0.3 is 0 Å². The summed E-state index contributed by atoms with van der Waals surface area (Å²) in [4.78, 5) is 23.1. The lowest BCUT2D eigenvalue weighted by molar-refractivity contribution is -0.121. The summed E-state index contributed by atoms with van der Waals surface area (Å²) in [6.45, 7) is 5.34. The molecule has 1 aromatic rings. The highest BCUT2D eigenvalue weighted by atomic mass is 79.9. The molecule has 1 N–H and O–H groups in total. The minimum Gasteiger partial charge on any atom is -0.356 e. The van der Waals surface area contributed by atoms with Crippen LogP contribution in [0.1, 0.15) is 26.7 Å². The fraction of sp³-hybridized carbons (Fsp3) is 0.538. The summed E-state index contributed by atoms with van der Waals surface area (Å²) in [5, 5.41) is 2.85. The van der Waals surface area contributed by atoms with Crippen LogP contribution >= 0.6 is 15.9 Å². The van der Waals surface area contributed by atoms with E-state index >= 15 is 0 Å². The molecule has 0 unspecified atom stereocenters. The first-order valence-electron chi connectivity index (χ1n) is 6.11. The van der Waals surface area contributed by atoms with Gasteiger partial charge in [0.15, 0.2) is 0 Å². The summed E-state index contributed by atoms with van der Waals surface area (Å²) in [5.74, 6) is 0.570. The molecule has 100 valence electrons. The summed E-state index contributed by atoms with van der Waals surface area (Å²) in [6, 6.07) is 3.18. The Balaban J connectivity index is 2.38. The second kappa shape index (κ2) is 7.36. The molecule has 1 aromatic heterocycles. The zero-order valence-electron chi connectivity index (χ0n) is 10.8. The van der Waals surface area contributed by atoms with Gasteiger partial charge in [-0.2, -0.15) is 0 Å². The van der Waals surface area contributed by atoms with Crippen LogP contribution in [-0.4, -0.2) is 17.0 Å². The number of aromatic nitrogens is 1. The van der Waals surface area contributed by atoms with Crippen LogP contribution in [-0.2, 0) is 11.3 Å². The number of carbonyl (C=O) groups excluding carboxylic acids is 1. The molecule has 0 fully saturated rings. The van der Waals surface area contributed by atoms with Crippen molar-refractivity contribution in [1.82, 2.24) is 9.88 Å². The Morgan fingerprint density at radius 1 is 1.44 bits per heavy atom. The van der Waals surface area contributed by atoms with E-state index in [-0.39, 0.29) is 11.5 Å². The number of pyridine rings is 1. The van der Waals surface area contributed by atoms with Gasteiger partial charge in [-0.05, 0) is 34.3 Å². The molecule has 4 nitrogen and oxygen atoms in total. The first kappa shape index (κ1) is 15.0. The van der Waals surface area contributed by atoms with Crippen molar-refractivity contribution in [2.75, 3.05) is 6.54 Å². The molecule has 0 atom stereocenters. The molecular formula is C13H19BrN2O2. The molecule has 0 saturated heterocycles. The zero-order chi connectivity index (χ0) is 13.5. The van der Waals surface area contributed by atoms with Crippen molar-refractivity contribution in [1.29, 1.82) is 0 Å². The number of hydrogen-bond acceptors (Lipinski definition) is 2. The normalized spacial score (nSPS) is 10.7. The molecule has 0 aromatic carbocycles. The molecule has 0 spiro atoms. The molecule has 5 heteroatoms. The van der Waals surface area contributed by atoms with Crippen molar-refractivity contribution < 1.29 is 4.79 Å². The van der Waals surface area contributed by atoms with Crippen molar-refractivity contribution in [3.8, 4) is 0 Å². The third kappa shape index (κ3) is 5.49. The SMILES string of the molecule is CC(C)CCNC(=O)CCn1cc(Br)ccc1=O. The average molecular weight is 315 g/mol. The Kier molecular flexibility index (Phi) is 6.12. The highest BCUT2D eigenvalue weighted by Crippen LogP contribution is 2.05. The van der Waals surface area contributed by atoms with E-state index in [1.54, 1.807) is 12.3 Å². The van der Waals surface area contributed by atoms with E-state index in [0.717, 1.165) is 10.9 Å². The molecule has 1 heterocycles. The van der Waals surface area contributed by atoms with Crippen molar-refractivity contribution in [3.05, 3.63) is 33.2 Å². The number of rotatable bonds is 6. The van der Waals surface area contributed by atoms with Gasteiger partial charge in [0.1, 0.15) is 0 Å². The van der Waals surface area contributed by atoms with Gasteiger partial charge < -0.3 is 9.88 Å². The Bertz CT molecular complexity index is 455. The number of hydrogen-bond donors (Lipinski definition) is 1. The molecule has 1 amide bonds. The maximum Gasteiger partial charge on any atom is 0.250 e. The first-order chi connectivity index (χ1) is 8.49. The molecule has 0 saturated carbocycles. The maximum atomic E-state index is 11.6. The molecule has 0 radical (unpaired) electrons. The predicted molar refractivity (Wildman–Crippen MR) is 75.5 cm³/mol. The summed E-state index contributed by atoms with van der Waals surface area (Å²) < 4.78 is 2.37. The van der Waals surface area contributed by atoms with E-state index in [0.29, 0.717) is 25.4 Å². The Labute approximate surface area is 116 Å². The smallest absolute Gasteiger partial charge is 0.250 e. The lowest BCUT2D eigenvalue weighted by atomic mass is 10.1. The molecule has 18 heavy (non-hydrogen) atoms. The van der Waals surface area contributed by atoms with Gasteiger partial charge in [-0.1, -0.05) is 13.8 Å². The summed E-state index contributed by atoms with van der Waals surface area (Å²) in [6.07, 6.45) is 3.00. The standard InChI is InChI=1S/C13H19BrN2O2/c1-10(2)5-7-15-12(17)6-8-16-9-11(14)3-4-13(16)18/h3-4,9-10H,5-8H2,1-2H3,(H,15,17). The van der Waals surface area contributed by atoms with E-state index in [4.69, 9.17) is 0 Å². The van der Waals surface area contributed by atoms with Gasteiger partial charge in [-0.25, -0.2) is 0 Å². The minimum absolute atomic E-state index is 0.0116. The van der Waals surface area contributed by atoms with Gasteiger partial charge in [0.05, 0.1) is 0 Å². The van der Waals surface area contributed by atoms with E-state index in [2.05, 4.69) is 35.1 Å². The summed E-state index contributed by atoms with van der Waals surface area (Å²) >= 11 is 3.30. The van der Waals surface area contributed by atoms with Crippen LogP contribution in [0.15, 0.2) is 27.6 Å². The number of halogens is 1. The topological polar surface area (TPSA) is 51.1 Å². The number of carbonyl (C=O) groups is 1. The van der Waals surface area contributed by atoms with Crippen LogP contribution in [0.4, 0.5) is 0 Å². The van der Waals surface area contributed by atoms with E-state index in [9.17, 15) is 9.59 Å². The minimum atomic E-state index is -0.0896. The second-order valence-electron chi connectivity index (χ2n) is 4.66. The molecular weight excluding hydrogens is 296 g/mol. The lowest BCUT2D eigenvalue weighted by Crippen LogP contribution is -2.28. The van der Waals surface area contributed by atoms with Crippen molar-refractivity contribution >= 4 is 21.8 Å². The van der Waals surface area contributed by atoms with Gasteiger partial charge in [0, 0.05) is 36.2 Å². The van der Waals surface area contributed by atoms with Crippen LogP contribution < -0.4 is 10.9 Å². The molecule has 0 aliphatic heterocycles. The van der Waals surface area contributed by atoms with Gasteiger partial charge in [0.2, 0.25) is 5.91 Å². The fourth-order valence-electron chi connectivity index (χ4n) is 1.49. The second-order valence-corrected chi connectivity index (χ2v) is 5.58. The van der Waals surface area contributed by atoms with Gasteiger partial charge in [-0.15, -0.1) is 0 Å². The molecule has 1 rings (SSSR count). The number of nitrogens with one attached hydrogen (secondary N) is 1. The van der Waals surface area contributed by atoms with E-state index in [1.807, 2.05) is 0 Å². The summed E-state index contributed by atoms with van der Waals surface area (Å²) in [7, 11) is 0. The maximum absolute atomic E-state index is 11.6. The number of nitrogens with zero attached hydrogens (tertiary/aromatic N) is 1. The number of aryl methyl sites for hydroxylation is 1. The quantitative estimate of drug-likeness (QED) is 0.874. The van der Waals surface area contributed by atoms with Crippen molar-refractivity contribution in [3.63, 3.8) is 0 Å². The monoisotopic (exact) mass is 314 g/mol. The van der Waals surface area contributed by atoms with Crippen LogP contribution in [0.25, 0.3) is 0 Å². The third-order valence-electron chi connectivity index (χ3n) is 2.57. The van der Waals surface area contributed by atoms with Crippen molar-refractivity contribution in [2.45, 2.75) is 33.2 Å². The first-order valence-corrected chi connectivity index (χ1v) is 6.91. The highest BCUT2D eigenvalue weighted by Gasteiger charge is 2.03. The fourth-order valence-corrected chi connectivity index (χ4v) is 1.87. The van der Waals surface area contributed by atoms with Crippen LogP contribution in [0.3, 0.4) is 0 Å². The summed E-state index contributed by atoms with van der Waals surface area (Å²) in [5.41, 5.74) is -0.0896. The van der Waals surface area contributed by atoms with Gasteiger partial charge in [0.25, 0.3) is 5.56 Å². The Hall–Kier alpha value is -1.10. The Morgan fingerprint density at radius 3 is 2.83 bits per heavy atom. The zero-order valence-corrected chi connectivity index (χ0v) is 12.4. The van der Waals surface area contributed by atoms with E-state index < -0.39 is 0 Å². The van der Waals surface area contributed by atoms with Crippen LogP contribution in [0.5, 0.6) is 0 Å². The lowest BCUT2D eigenvalue weighted by Gasteiger charge is -2.08. The average Bonchev–Trinajstić information content (AvgIpc) is 2.30.